The van der Waals surface area contributed by atoms with Crippen LogP contribution in [0.1, 0.15) is 18.9 Å². The highest BCUT2D eigenvalue weighted by Crippen LogP contribution is 2.54. The fourth-order valence-corrected chi connectivity index (χ4v) is 2.51. The molecule has 0 aromatic heterocycles. The number of halogens is 1. The lowest BCUT2D eigenvalue weighted by Gasteiger charge is -2.09. The topological polar surface area (TPSA) is 0 Å². The van der Waals surface area contributed by atoms with Crippen LogP contribution in [0.15, 0.2) is 30.3 Å². The number of rotatable bonds is 3. The van der Waals surface area contributed by atoms with Gasteiger partial charge >= 0.3 is 0 Å². The van der Waals surface area contributed by atoms with Gasteiger partial charge in [-0.1, -0.05) is 37.3 Å². The van der Waals surface area contributed by atoms with Crippen LogP contribution < -0.4 is 0 Å². The molecule has 1 saturated carbocycles. The van der Waals surface area contributed by atoms with E-state index in [9.17, 15) is 0 Å². The average molecular weight is 195 g/mol. The summed E-state index contributed by atoms with van der Waals surface area (Å²) in [6, 6.07) is 10.7. The molecule has 0 bridgehead atoms. The van der Waals surface area contributed by atoms with Crippen molar-refractivity contribution in [1.82, 2.24) is 0 Å². The molecule has 2 atom stereocenters. The van der Waals surface area contributed by atoms with Crippen molar-refractivity contribution in [2.75, 3.05) is 5.88 Å². The van der Waals surface area contributed by atoms with Crippen LogP contribution in [-0.2, 0) is 6.42 Å². The number of hydrogen-bond acceptors (Lipinski definition) is 0. The Morgan fingerprint density at radius 3 is 2.62 bits per heavy atom. The smallest absolute Gasteiger partial charge is 0.0257 e. The molecule has 0 N–H and O–H groups in total. The molecule has 0 saturated heterocycles. The Hall–Kier alpha value is -0.490. The van der Waals surface area contributed by atoms with Crippen molar-refractivity contribution in [1.29, 1.82) is 0 Å². The number of hydrogen-bond donors (Lipinski definition) is 0. The monoisotopic (exact) mass is 194 g/mol. The molecule has 0 spiro atoms. The summed E-state index contributed by atoms with van der Waals surface area (Å²) in [7, 11) is 0. The van der Waals surface area contributed by atoms with Gasteiger partial charge in [-0.05, 0) is 29.7 Å². The lowest BCUT2D eigenvalue weighted by Crippen LogP contribution is -2.03. The van der Waals surface area contributed by atoms with Gasteiger partial charge in [-0.3, -0.25) is 0 Å². The molecular weight excluding hydrogens is 180 g/mol. The maximum Gasteiger partial charge on any atom is 0.0257 e. The first-order valence-corrected chi connectivity index (χ1v) is 5.38. The Bertz CT molecular complexity index is 280. The molecule has 1 fully saturated rings. The van der Waals surface area contributed by atoms with Crippen molar-refractivity contribution in [3.8, 4) is 0 Å². The van der Waals surface area contributed by atoms with E-state index in [1.54, 1.807) is 0 Å². The van der Waals surface area contributed by atoms with E-state index in [1.807, 2.05) is 0 Å². The second-order valence-electron chi connectivity index (χ2n) is 4.37. The van der Waals surface area contributed by atoms with E-state index >= 15 is 0 Å². The summed E-state index contributed by atoms with van der Waals surface area (Å²) in [6.07, 6.45) is 2.48. The summed E-state index contributed by atoms with van der Waals surface area (Å²) < 4.78 is 0. The summed E-state index contributed by atoms with van der Waals surface area (Å²) in [4.78, 5) is 0. The van der Waals surface area contributed by atoms with Gasteiger partial charge < -0.3 is 0 Å². The molecule has 13 heavy (non-hydrogen) atoms. The molecule has 1 heteroatoms. The minimum absolute atomic E-state index is 0.489. The summed E-state index contributed by atoms with van der Waals surface area (Å²) in [5.74, 6) is 1.57. The second-order valence-corrected chi connectivity index (χ2v) is 4.68. The van der Waals surface area contributed by atoms with Crippen LogP contribution >= 0.6 is 11.6 Å². The zero-order valence-corrected chi connectivity index (χ0v) is 8.72. The van der Waals surface area contributed by atoms with Crippen molar-refractivity contribution in [3.63, 3.8) is 0 Å². The van der Waals surface area contributed by atoms with Crippen molar-refractivity contribution in [2.24, 2.45) is 11.3 Å². The van der Waals surface area contributed by atoms with Gasteiger partial charge in [0.2, 0.25) is 0 Å². The molecule has 0 nitrogen and oxygen atoms in total. The SMILES string of the molecule is CC1(Cc2ccccc2)CC1CCl. The molecule has 70 valence electrons. The fraction of sp³-hybridized carbons (Fsp3) is 0.500. The normalized spacial score (nSPS) is 31.7. The Kier molecular flexibility index (Phi) is 2.33. The van der Waals surface area contributed by atoms with Crippen LogP contribution in [0.2, 0.25) is 0 Å². The van der Waals surface area contributed by atoms with Crippen LogP contribution in [0.4, 0.5) is 0 Å². The maximum atomic E-state index is 5.85. The summed E-state index contributed by atoms with van der Waals surface area (Å²) in [5.41, 5.74) is 1.93. The van der Waals surface area contributed by atoms with Gasteiger partial charge in [0.05, 0.1) is 0 Å². The predicted molar refractivity (Wildman–Crippen MR) is 57.1 cm³/mol. The van der Waals surface area contributed by atoms with Gasteiger partial charge in [0, 0.05) is 5.88 Å². The maximum absolute atomic E-state index is 5.85. The molecule has 0 amide bonds. The zero-order chi connectivity index (χ0) is 9.31. The van der Waals surface area contributed by atoms with E-state index in [0.717, 1.165) is 11.8 Å². The molecule has 0 aliphatic heterocycles. The Morgan fingerprint density at radius 2 is 2.08 bits per heavy atom. The van der Waals surface area contributed by atoms with E-state index in [1.165, 1.54) is 18.4 Å². The third-order valence-electron chi connectivity index (χ3n) is 3.18. The first kappa shape index (κ1) is 9.08. The van der Waals surface area contributed by atoms with Crippen LogP contribution in [0.25, 0.3) is 0 Å². The van der Waals surface area contributed by atoms with Gasteiger partial charge in [0.1, 0.15) is 0 Å². The minimum atomic E-state index is 0.489. The molecular formula is C12H15Cl. The van der Waals surface area contributed by atoms with Gasteiger partial charge in [0.15, 0.2) is 0 Å². The molecule has 0 radical (unpaired) electrons. The van der Waals surface area contributed by atoms with Crippen molar-refractivity contribution in [3.05, 3.63) is 35.9 Å². The van der Waals surface area contributed by atoms with Crippen molar-refractivity contribution >= 4 is 11.6 Å². The molecule has 1 aromatic carbocycles. The molecule has 2 rings (SSSR count). The van der Waals surface area contributed by atoms with Crippen LogP contribution in [0.3, 0.4) is 0 Å². The first-order valence-electron chi connectivity index (χ1n) is 4.84. The van der Waals surface area contributed by atoms with Gasteiger partial charge in [-0.2, -0.15) is 0 Å². The molecule has 2 unspecified atom stereocenters. The van der Waals surface area contributed by atoms with E-state index < -0.39 is 0 Å². The molecule has 1 aromatic rings. The highest BCUT2D eigenvalue weighted by atomic mass is 35.5. The van der Waals surface area contributed by atoms with Gasteiger partial charge in [-0.15, -0.1) is 11.6 Å². The summed E-state index contributed by atoms with van der Waals surface area (Å²) >= 11 is 5.85. The number of alkyl halides is 1. The number of benzene rings is 1. The minimum Gasteiger partial charge on any atom is -0.126 e. The standard InChI is InChI=1S/C12H15Cl/c1-12(8-11(12)9-13)7-10-5-3-2-4-6-10/h2-6,11H,7-9H2,1H3. The van der Waals surface area contributed by atoms with Crippen LogP contribution in [0, 0.1) is 11.3 Å². The van der Waals surface area contributed by atoms with Gasteiger partial charge in [-0.25, -0.2) is 0 Å². The predicted octanol–water partition coefficient (Wildman–Crippen LogP) is 3.49. The average Bonchev–Trinajstić information content (AvgIpc) is 2.78. The Balaban J connectivity index is 2.00. The van der Waals surface area contributed by atoms with Gasteiger partial charge in [0.25, 0.3) is 0 Å². The lowest BCUT2D eigenvalue weighted by atomic mass is 9.96. The molecule has 1 aliphatic carbocycles. The molecule has 1 aliphatic rings. The van der Waals surface area contributed by atoms with E-state index in [0.29, 0.717) is 5.41 Å². The van der Waals surface area contributed by atoms with E-state index in [2.05, 4.69) is 37.3 Å². The summed E-state index contributed by atoms with van der Waals surface area (Å²) in [6.45, 7) is 2.34. The Morgan fingerprint density at radius 1 is 1.38 bits per heavy atom. The summed E-state index contributed by atoms with van der Waals surface area (Å²) in [5, 5.41) is 0. The third kappa shape index (κ3) is 1.88. The highest BCUT2D eigenvalue weighted by molar-refractivity contribution is 6.18. The molecule has 0 heterocycles. The lowest BCUT2D eigenvalue weighted by molar-refractivity contribution is 0.520. The quantitative estimate of drug-likeness (QED) is 0.647. The third-order valence-corrected chi connectivity index (χ3v) is 3.55. The van der Waals surface area contributed by atoms with Crippen LogP contribution in [0.5, 0.6) is 0 Å². The van der Waals surface area contributed by atoms with Crippen molar-refractivity contribution < 1.29 is 0 Å². The first-order chi connectivity index (χ1) is 6.24. The van der Waals surface area contributed by atoms with Crippen molar-refractivity contribution in [2.45, 2.75) is 19.8 Å². The largest absolute Gasteiger partial charge is 0.126 e. The highest BCUT2D eigenvalue weighted by Gasteiger charge is 2.48. The van der Waals surface area contributed by atoms with Crippen LogP contribution in [-0.4, -0.2) is 5.88 Å². The fourth-order valence-electron chi connectivity index (χ4n) is 2.02. The van der Waals surface area contributed by atoms with E-state index in [-0.39, 0.29) is 0 Å². The Labute approximate surface area is 84.9 Å². The second kappa shape index (κ2) is 3.34. The van der Waals surface area contributed by atoms with E-state index in [4.69, 9.17) is 11.6 Å². The zero-order valence-electron chi connectivity index (χ0n) is 7.96.